The van der Waals surface area contributed by atoms with E-state index < -0.39 is 0 Å². The number of para-hydroxylation sites is 1. The topological polar surface area (TPSA) is 39.7 Å². The molecule has 1 aliphatic rings. The molecule has 0 bridgehead atoms. The minimum Gasteiger partial charge on any atom is -0.493 e. The maximum Gasteiger partial charge on any atom is 0.165 e. The Morgan fingerprint density at radius 3 is 2.90 bits per heavy atom. The lowest BCUT2D eigenvalue weighted by molar-refractivity contribution is 0.0933. The van der Waals surface area contributed by atoms with Crippen molar-refractivity contribution in [2.45, 2.75) is 31.5 Å². The zero-order valence-corrected chi connectivity index (χ0v) is 12.0. The van der Waals surface area contributed by atoms with Gasteiger partial charge in [-0.3, -0.25) is 5.32 Å². The standard InChI is InChI=1S/C16H21NO3/c1-4-13(14-9-6-10-20-14)17-11-12-7-5-8-15(18-2)16(12)19-3/h1,5,7-8,13-14,17H,6,9-11H2,2-3H3/t13-,14-/m1/s1. The van der Waals surface area contributed by atoms with E-state index in [2.05, 4.69) is 11.2 Å². The van der Waals surface area contributed by atoms with Crippen molar-refractivity contribution < 1.29 is 14.2 Å². The third-order valence-electron chi connectivity index (χ3n) is 3.51. The largest absolute Gasteiger partial charge is 0.493 e. The highest BCUT2D eigenvalue weighted by Gasteiger charge is 2.24. The van der Waals surface area contributed by atoms with E-state index in [1.54, 1.807) is 14.2 Å². The van der Waals surface area contributed by atoms with Gasteiger partial charge in [-0.25, -0.2) is 0 Å². The average Bonchev–Trinajstić information content (AvgIpc) is 3.01. The predicted octanol–water partition coefficient (Wildman–Crippen LogP) is 1.97. The molecule has 4 heteroatoms. The van der Waals surface area contributed by atoms with Gasteiger partial charge >= 0.3 is 0 Å². The van der Waals surface area contributed by atoms with E-state index in [1.807, 2.05) is 18.2 Å². The number of terminal acetylenes is 1. The predicted molar refractivity (Wildman–Crippen MR) is 78.0 cm³/mol. The summed E-state index contributed by atoms with van der Waals surface area (Å²) in [6, 6.07) is 5.74. The average molecular weight is 275 g/mol. The van der Waals surface area contributed by atoms with E-state index in [0.717, 1.165) is 36.5 Å². The fraction of sp³-hybridized carbons (Fsp3) is 0.500. The van der Waals surface area contributed by atoms with Gasteiger partial charge in [0.05, 0.1) is 26.4 Å². The Morgan fingerprint density at radius 2 is 2.30 bits per heavy atom. The van der Waals surface area contributed by atoms with Gasteiger partial charge in [-0.15, -0.1) is 6.42 Å². The van der Waals surface area contributed by atoms with Crippen molar-refractivity contribution in [1.29, 1.82) is 0 Å². The van der Waals surface area contributed by atoms with Crippen LogP contribution >= 0.6 is 0 Å². The van der Waals surface area contributed by atoms with Crippen molar-refractivity contribution in [2.75, 3.05) is 20.8 Å². The van der Waals surface area contributed by atoms with Gasteiger partial charge in [0, 0.05) is 18.7 Å². The first-order chi connectivity index (χ1) is 9.80. The first-order valence-corrected chi connectivity index (χ1v) is 6.81. The molecule has 1 aliphatic heterocycles. The summed E-state index contributed by atoms with van der Waals surface area (Å²) < 4.78 is 16.3. The Labute approximate surface area is 120 Å². The molecule has 4 nitrogen and oxygen atoms in total. The third-order valence-corrected chi connectivity index (χ3v) is 3.51. The van der Waals surface area contributed by atoms with Crippen molar-refractivity contribution in [2.24, 2.45) is 0 Å². The Balaban J connectivity index is 2.04. The molecule has 108 valence electrons. The fourth-order valence-electron chi connectivity index (χ4n) is 2.48. The second kappa shape index (κ2) is 7.18. The second-order valence-corrected chi connectivity index (χ2v) is 4.73. The smallest absolute Gasteiger partial charge is 0.165 e. The van der Waals surface area contributed by atoms with Gasteiger partial charge in [0.1, 0.15) is 0 Å². The molecular formula is C16H21NO3. The molecule has 2 rings (SSSR count). The number of benzene rings is 1. The lowest BCUT2D eigenvalue weighted by Gasteiger charge is -2.20. The summed E-state index contributed by atoms with van der Waals surface area (Å²) in [4.78, 5) is 0. The van der Waals surface area contributed by atoms with Crippen molar-refractivity contribution in [1.82, 2.24) is 5.32 Å². The summed E-state index contributed by atoms with van der Waals surface area (Å²) >= 11 is 0. The summed E-state index contributed by atoms with van der Waals surface area (Å²) in [5, 5.41) is 3.36. The zero-order valence-electron chi connectivity index (χ0n) is 12.0. The zero-order chi connectivity index (χ0) is 14.4. The minimum absolute atomic E-state index is 0.0755. The molecule has 0 spiro atoms. The molecule has 0 radical (unpaired) electrons. The molecule has 1 N–H and O–H groups in total. The quantitative estimate of drug-likeness (QED) is 0.806. The van der Waals surface area contributed by atoms with Crippen LogP contribution in [0, 0.1) is 12.3 Å². The first-order valence-electron chi connectivity index (χ1n) is 6.81. The molecule has 2 atom stereocenters. The number of rotatable bonds is 6. The third kappa shape index (κ3) is 3.24. The summed E-state index contributed by atoms with van der Waals surface area (Å²) in [7, 11) is 3.27. The van der Waals surface area contributed by atoms with Crippen LogP contribution in [0.1, 0.15) is 18.4 Å². The van der Waals surface area contributed by atoms with Crippen molar-refractivity contribution >= 4 is 0 Å². The van der Waals surface area contributed by atoms with Gasteiger partial charge in [-0.1, -0.05) is 18.1 Å². The van der Waals surface area contributed by atoms with Crippen LogP contribution in [-0.4, -0.2) is 33.0 Å². The maximum absolute atomic E-state index is 5.63. The molecule has 0 aliphatic carbocycles. The lowest BCUT2D eigenvalue weighted by Crippen LogP contribution is -2.38. The number of hydrogen-bond acceptors (Lipinski definition) is 4. The lowest BCUT2D eigenvalue weighted by atomic mass is 10.1. The van der Waals surface area contributed by atoms with Crippen LogP contribution in [0.25, 0.3) is 0 Å². The highest BCUT2D eigenvalue weighted by atomic mass is 16.5. The Kier molecular flexibility index (Phi) is 5.28. The van der Waals surface area contributed by atoms with Crippen molar-refractivity contribution in [3.8, 4) is 23.8 Å². The monoisotopic (exact) mass is 275 g/mol. The van der Waals surface area contributed by atoms with Gasteiger partial charge in [-0.2, -0.15) is 0 Å². The van der Waals surface area contributed by atoms with Crippen LogP contribution in [0.4, 0.5) is 0 Å². The van der Waals surface area contributed by atoms with E-state index in [0.29, 0.717) is 6.54 Å². The number of ether oxygens (including phenoxy) is 3. The summed E-state index contributed by atoms with van der Waals surface area (Å²) in [5.74, 6) is 4.24. The summed E-state index contributed by atoms with van der Waals surface area (Å²) in [5.41, 5.74) is 1.02. The molecule has 1 aromatic rings. The molecule has 1 fully saturated rings. The van der Waals surface area contributed by atoms with Crippen LogP contribution < -0.4 is 14.8 Å². The molecule has 20 heavy (non-hydrogen) atoms. The number of hydrogen-bond donors (Lipinski definition) is 1. The van der Waals surface area contributed by atoms with E-state index in [-0.39, 0.29) is 12.1 Å². The van der Waals surface area contributed by atoms with Gasteiger partial charge in [0.15, 0.2) is 11.5 Å². The van der Waals surface area contributed by atoms with Gasteiger partial charge in [0.2, 0.25) is 0 Å². The van der Waals surface area contributed by atoms with Gasteiger partial charge < -0.3 is 14.2 Å². The summed E-state index contributed by atoms with van der Waals surface area (Å²) in [6.07, 6.45) is 7.79. The highest BCUT2D eigenvalue weighted by molar-refractivity contribution is 5.46. The van der Waals surface area contributed by atoms with E-state index in [4.69, 9.17) is 20.6 Å². The fourth-order valence-corrected chi connectivity index (χ4v) is 2.48. The molecule has 0 saturated carbocycles. The molecular weight excluding hydrogens is 254 g/mol. The number of methoxy groups -OCH3 is 2. The molecule has 0 unspecified atom stereocenters. The van der Waals surface area contributed by atoms with E-state index in [9.17, 15) is 0 Å². The number of nitrogens with one attached hydrogen (secondary N) is 1. The Hall–Kier alpha value is -1.70. The van der Waals surface area contributed by atoms with Gasteiger partial charge in [0.25, 0.3) is 0 Å². The molecule has 0 amide bonds. The van der Waals surface area contributed by atoms with Crippen LogP contribution in [0.2, 0.25) is 0 Å². The Bertz CT molecular complexity index is 475. The minimum atomic E-state index is -0.0755. The van der Waals surface area contributed by atoms with Crippen LogP contribution in [-0.2, 0) is 11.3 Å². The summed E-state index contributed by atoms with van der Waals surface area (Å²) in [6.45, 7) is 1.42. The van der Waals surface area contributed by atoms with Gasteiger partial charge in [-0.05, 0) is 18.9 Å². The van der Waals surface area contributed by atoms with Crippen LogP contribution in [0.15, 0.2) is 18.2 Å². The second-order valence-electron chi connectivity index (χ2n) is 4.73. The molecule has 1 saturated heterocycles. The maximum atomic E-state index is 5.63. The van der Waals surface area contributed by atoms with E-state index in [1.165, 1.54) is 0 Å². The van der Waals surface area contributed by atoms with Crippen LogP contribution in [0.5, 0.6) is 11.5 Å². The first kappa shape index (κ1) is 14.7. The molecule has 1 heterocycles. The van der Waals surface area contributed by atoms with Crippen molar-refractivity contribution in [3.63, 3.8) is 0 Å². The van der Waals surface area contributed by atoms with Crippen LogP contribution in [0.3, 0.4) is 0 Å². The highest BCUT2D eigenvalue weighted by Crippen LogP contribution is 2.30. The Morgan fingerprint density at radius 1 is 1.45 bits per heavy atom. The van der Waals surface area contributed by atoms with Crippen molar-refractivity contribution in [3.05, 3.63) is 23.8 Å². The molecule has 0 aromatic heterocycles. The SMILES string of the molecule is C#C[C@@H](NCc1cccc(OC)c1OC)[C@H]1CCCO1. The molecule has 1 aromatic carbocycles. The van der Waals surface area contributed by atoms with E-state index >= 15 is 0 Å². The normalized spacial score (nSPS) is 19.4.